The van der Waals surface area contributed by atoms with Crippen LogP contribution >= 0.6 is 11.8 Å². The number of carbonyl (C=O) groups excluding carboxylic acids is 1. The topological polar surface area (TPSA) is 75.6 Å². The lowest BCUT2D eigenvalue weighted by molar-refractivity contribution is -0.139. The SMILES string of the molecule is O=C(O)COc1ccc(CCNC(=O)[C@H]2SCCc3ccccc32)cc1. The molecule has 1 heterocycles. The van der Waals surface area contributed by atoms with Gasteiger partial charge in [-0.1, -0.05) is 36.4 Å². The monoisotopic (exact) mass is 371 g/mol. The standard InChI is InChI=1S/C20H21NO4S/c22-18(23)13-25-16-7-5-14(6-8-16)9-11-21-20(24)19-17-4-2-1-3-15(17)10-12-26-19/h1-8,19H,9-13H2,(H,21,24)(H,22,23)/t19-/m0/s1. The van der Waals surface area contributed by atoms with Gasteiger partial charge < -0.3 is 15.2 Å². The summed E-state index contributed by atoms with van der Waals surface area (Å²) in [6.07, 6.45) is 1.73. The molecule has 0 unspecified atom stereocenters. The van der Waals surface area contributed by atoms with Crippen molar-refractivity contribution in [2.45, 2.75) is 18.1 Å². The van der Waals surface area contributed by atoms with Gasteiger partial charge >= 0.3 is 5.97 Å². The van der Waals surface area contributed by atoms with Crippen LogP contribution in [0, 0.1) is 0 Å². The van der Waals surface area contributed by atoms with Crippen LogP contribution in [-0.2, 0) is 22.4 Å². The molecule has 0 fully saturated rings. The van der Waals surface area contributed by atoms with E-state index in [1.807, 2.05) is 30.3 Å². The highest BCUT2D eigenvalue weighted by Gasteiger charge is 2.26. The van der Waals surface area contributed by atoms with E-state index in [-0.39, 0.29) is 17.8 Å². The Bertz CT molecular complexity index is 776. The molecule has 2 aromatic carbocycles. The third-order valence-corrected chi connectivity index (χ3v) is 5.47. The van der Waals surface area contributed by atoms with E-state index < -0.39 is 5.97 Å². The number of carboxylic acids is 1. The number of carbonyl (C=O) groups is 2. The fraction of sp³-hybridized carbons (Fsp3) is 0.300. The molecule has 26 heavy (non-hydrogen) atoms. The van der Waals surface area contributed by atoms with Gasteiger partial charge in [0.1, 0.15) is 11.0 Å². The van der Waals surface area contributed by atoms with Gasteiger partial charge in [0.2, 0.25) is 5.91 Å². The van der Waals surface area contributed by atoms with Gasteiger partial charge in [0.25, 0.3) is 0 Å². The molecule has 0 bridgehead atoms. The van der Waals surface area contributed by atoms with E-state index in [9.17, 15) is 9.59 Å². The number of carboxylic acid groups (broad SMARTS) is 1. The molecule has 0 aliphatic carbocycles. The van der Waals surface area contributed by atoms with E-state index in [4.69, 9.17) is 9.84 Å². The van der Waals surface area contributed by atoms with Crippen LogP contribution in [0.2, 0.25) is 0 Å². The highest BCUT2D eigenvalue weighted by Crippen LogP contribution is 2.36. The highest BCUT2D eigenvalue weighted by molar-refractivity contribution is 8.00. The van der Waals surface area contributed by atoms with Crippen molar-refractivity contribution in [3.8, 4) is 5.75 Å². The number of aryl methyl sites for hydroxylation is 1. The molecule has 0 saturated carbocycles. The Hall–Kier alpha value is -2.47. The van der Waals surface area contributed by atoms with E-state index in [1.54, 1.807) is 23.9 Å². The smallest absolute Gasteiger partial charge is 0.341 e. The number of hydrogen-bond acceptors (Lipinski definition) is 4. The normalized spacial score (nSPS) is 15.8. The minimum Gasteiger partial charge on any atom is -0.482 e. The maximum absolute atomic E-state index is 12.5. The predicted molar refractivity (Wildman–Crippen MR) is 102 cm³/mol. The summed E-state index contributed by atoms with van der Waals surface area (Å²) in [6.45, 7) is 0.212. The molecule has 136 valence electrons. The van der Waals surface area contributed by atoms with Crippen LogP contribution in [0.5, 0.6) is 5.75 Å². The van der Waals surface area contributed by atoms with Crippen molar-refractivity contribution in [2.75, 3.05) is 18.9 Å². The van der Waals surface area contributed by atoms with Crippen molar-refractivity contribution in [2.24, 2.45) is 0 Å². The molecule has 1 amide bonds. The zero-order chi connectivity index (χ0) is 18.4. The van der Waals surface area contributed by atoms with Gasteiger partial charge in [0, 0.05) is 6.54 Å². The molecule has 1 atom stereocenters. The number of amides is 1. The van der Waals surface area contributed by atoms with Crippen molar-refractivity contribution in [1.82, 2.24) is 5.32 Å². The minimum absolute atomic E-state index is 0.0589. The van der Waals surface area contributed by atoms with E-state index in [0.29, 0.717) is 18.7 Å². The Morgan fingerprint density at radius 3 is 2.69 bits per heavy atom. The van der Waals surface area contributed by atoms with Gasteiger partial charge in [-0.25, -0.2) is 4.79 Å². The zero-order valence-electron chi connectivity index (χ0n) is 14.3. The Balaban J connectivity index is 1.49. The molecule has 0 aromatic heterocycles. The molecule has 3 rings (SSSR count). The lowest BCUT2D eigenvalue weighted by Crippen LogP contribution is -2.31. The molecule has 2 N–H and O–H groups in total. The number of fused-ring (bicyclic) bond motifs is 1. The number of nitrogens with one attached hydrogen (secondary N) is 1. The molecular weight excluding hydrogens is 350 g/mol. The molecule has 0 spiro atoms. The van der Waals surface area contributed by atoms with Gasteiger partial charge in [-0.15, -0.1) is 11.8 Å². The molecule has 1 aliphatic heterocycles. The number of thioether (sulfide) groups is 1. The average molecular weight is 371 g/mol. The highest BCUT2D eigenvalue weighted by atomic mass is 32.2. The number of aliphatic carboxylic acids is 1. The molecule has 0 saturated heterocycles. The van der Waals surface area contributed by atoms with Crippen LogP contribution in [-0.4, -0.2) is 35.9 Å². The second-order valence-electron chi connectivity index (χ2n) is 6.07. The lowest BCUT2D eigenvalue weighted by Gasteiger charge is -2.24. The van der Waals surface area contributed by atoms with Crippen LogP contribution in [0.15, 0.2) is 48.5 Å². The Labute approximate surface area is 156 Å². The molecule has 5 nitrogen and oxygen atoms in total. The summed E-state index contributed by atoms with van der Waals surface area (Å²) in [5.74, 6) is 0.547. The average Bonchev–Trinajstić information content (AvgIpc) is 2.66. The summed E-state index contributed by atoms with van der Waals surface area (Å²) >= 11 is 1.69. The summed E-state index contributed by atoms with van der Waals surface area (Å²) in [7, 11) is 0. The summed E-state index contributed by atoms with van der Waals surface area (Å²) < 4.78 is 5.11. The number of benzene rings is 2. The van der Waals surface area contributed by atoms with E-state index in [2.05, 4.69) is 11.4 Å². The largest absolute Gasteiger partial charge is 0.482 e. The van der Waals surface area contributed by atoms with Gasteiger partial charge in [-0.05, 0) is 47.4 Å². The van der Waals surface area contributed by atoms with Gasteiger partial charge in [-0.3, -0.25) is 4.79 Å². The zero-order valence-corrected chi connectivity index (χ0v) is 15.1. The Morgan fingerprint density at radius 1 is 1.15 bits per heavy atom. The molecule has 1 aliphatic rings. The quantitative estimate of drug-likeness (QED) is 0.783. The number of ether oxygens (including phenoxy) is 1. The van der Waals surface area contributed by atoms with E-state index >= 15 is 0 Å². The molecule has 0 radical (unpaired) electrons. The minimum atomic E-state index is -1.00. The lowest BCUT2D eigenvalue weighted by atomic mass is 10.0. The summed E-state index contributed by atoms with van der Waals surface area (Å²) in [6, 6.07) is 15.4. The van der Waals surface area contributed by atoms with Crippen molar-refractivity contribution in [3.63, 3.8) is 0 Å². The van der Waals surface area contributed by atoms with Crippen molar-refractivity contribution < 1.29 is 19.4 Å². The van der Waals surface area contributed by atoms with Crippen LogP contribution < -0.4 is 10.1 Å². The first-order valence-corrected chi connectivity index (χ1v) is 9.59. The predicted octanol–water partition coefficient (Wildman–Crippen LogP) is 2.84. The second kappa shape index (κ2) is 8.76. The second-order valence-corrected chi connectivity index (χ2v) is 7.28. The summed E-state index contributed by atoms with van der Waals surface area (Å²) in [4.78, 5) is 23.0. The van der Waals surface area contributed by atoms with Crippen molar-refractivity contribution in [1.29, 1.82) is 0 Å². The van der Waals surface area contributed by atoms with Crippen molar-refractivity contribution in [3.05, 3.63) is 65.2 Å². The Morgan fingerprint density at radius 2 is 1.92 bits per heavy atom. The molecule has 6 heteroatoms. The first-order chi connectivity index (χ1) is 12.6. The number of rotatable bonds is 7. The van der Waals surface area contributed by atoms with Crippen LogP contribution in [0.25, 0.3) is 0 Å². The van der Waals surface area contributed by atoms with Gasteiger partial charge in [0.05, 0.1) is 0 Å². The fourth-order valence-electron chi connectivity index (χ4n) is 2.93. The third-order valence-electron chi connectivity index (χ3n) is 4.23. The van der Waals surface area contributed by atoms with Gasteiger partial charge in [-0.2, -0.15) is 0 Å². The summed E-state index contributed by atoms with van der Waals surface area (Å²) in [5, 5.41) is 11.5. The van der Waals surface area contributed by atoms with E-state index in [1.165, 1.54) is 5.56 Å². The third kappa shape index (κ3) is 4.79. The van der Waals surface area contributed by atoms with E-state index in [0.717, 1.165) is 23.3 Å². The fourth-order valence-corrected chi connectivity index (χ4v) is 4.15. The maximum Gasteiger partial charge on any atom is 0.341 e. The first-order valence-electron chi connectivity index (χ1n) is 8.54. The maximum atomic E-state index is 12.5. The van der Waals surface area contributed by atoms with Crippen LogP contribution in [0.1, 0.15) is 21.9 Å². The van der Waals surface area contributed by atoms with Crippen LogP contribution in [0.4, 0.5) is 0 Å². The first kappa shape index (κ1) is 18.3. The molecular formula is C20H21NO4S. The molecule has 2 aromatic rings. The number of hydrogen-bond donors (Lipinski definition) is 2. The summed E-state index contributed by atoms with van der Waals surface area (Å²) in [5.41, 5.74) is 3.45. The van der Waals surface area contributed by atoms with Gasteiger partial charge in [0.15, 0.2) is 6.61 Å². The van der Waals surface area contributed by atoms with Crippen molar-refractivity contribution >= 4 is 23.6 Å². The van der Waals surface area contributed by atoms with Crippen LogP contribution in [0.3, 0.4) is 0 Å². The Kier molecular flexibility index (Phi) is 6.17.